The van der Waals surface area contributed by atoms with Crippen LogP contribution in [0.5, 0.6) is 0 Å². The summed E-state index contributed by atoms with van der Waals surface area (Å²) in [5.74, 6) is -1.71. The van der Waals surface area contributed by atoms with Crippen LogP contribution in [0.1, 0.15) is 50.4 Å². The number of carboxylic acid groups (broad SMARTS) is 1. The highest BCUT2D eigenvalue weighted by Gasteiger charge is 2.17. The van der Waals surface area contributed by atoms with Crippen molar-refractivity contribution in [3.05, 3.63) is 107 Å². The second kappa shape index (κ2) is 11.2. The van der Waals surface area contributed by atoms with Gasteiger partial charge in [-0.3, -0.25) is 4.79 Å². The first kappa shape index (κ1) is 25.8. The second-order valence-corrected chi connectivity index (χ2v) is 8.49. The van der Waals surface area contributed by atoms with E-state index in [9.17, 15) is 24.3 Å². The summed E-state index contributed by atoms with van der Waals surface area (Å²) in [6.07, 6.45) is 2.88. The van der Waals surface area contributed by atoms with Crippen LogP contribution in [0.4, 0.5) is 16.0 Å². The molecule has 2 heterocycles. The predicted molar refractivity (Wildman–Crippen MR) is 140 cm³/mol. The third-order valence-electron chi connectivity index (χ3n) is 5.88. The van der Waals surface area contributed by atoms with E-state index in [2.05, 4.69) is 20.6 Å². The van der Waals surface area contributed by atoms with Crippen molar-refractivity contribution in [2.45, 2.75) is 19.5 Å². The molecule has 1 amide bonds. The fourth-order valence-corrected chi connectivity index (χ4v) is 3.75. The van der Waals surface area contributed by atoms with Crippen LogP contribution in [0.25, 0.3) is 11.1 Å². The number of benzene rings is 2. The summed E-state index contributed by atoms with van der Waals surface area (Å²) in [4.78, 5) is 32.6. The van der Waals surface area contributed by atoms with E-state index in [-0.39, 0.29) is 28.3 Å². The quantitative estimate of drug-likeness (QED) is 0.269. The van der Waals surface area contributed by atoms with Gasteiger partial charge in [0.1, 0.15) is 29.1 Å². The molecule has 10 heteroatoms. The number of carboxylic acids is 1. The van der Waals surface area contributed by atoms with Crippen LogP contribution in [-0.2, 0) is 6.54 Å². The molecule has 0 radical (unpaired) electrons. The number of hydrogen-bond donors (Lipinski definition) is 4. The number of hydrogen-bond acceptors (Lipinski definition) is 7. The molecule has 0 aliphatic rings. The Morgan fingerprint density at radius 2 is 1.74 bits per heavy atom. The maximum absolute atomic E-state index is 13.2. The van der Waals surface area contributed by atoms with E-state index >= 15 is 0 Å². The molecule has 9 nitrogen and oxygen atoms in total. The Labute approximate surface area is 217 Å². The number of carbonyl (C=O) groups excluding carboxylic acids is 1. The first-order valence-corrected chi connectivity index (χ1v) is 11.5. The first-order chi connectivity index (χ1) is 18.2. The molecule has 0 aliphatic heterocycles. The molecule has 38 heavy (non-hydrogen) atoms. The molecular formula is C28H23FN6O3. The van der Waals surface area contributed by atoms with Gasteiger partial charge in [-0.05, 0) is 47.9 Å². The summed E-state index contributed by atoms with van der Waals surface area (Å²) in [6, 6.07) is 17.7. The lowest BCUT2D eigenvalue weighted by molar-refractivity contribution is 0.0697. The highest BCUT2D eigenvalue weighted by atomic mass is 19.1. The summed E-state index contributed by atoms with van der Waals surface area (Å²) >= 11 is 0. The lowest BCUT2D eigenvalue weighted by atomic mass is 10.0. The van der Waals surface area contributed by atoms with Crippen molar-refractivity contribution in [3.63, 3.8) is 0 Å². The normalized spacial score (nSPS) is 11.3. The van der Waals surface area contributed by atoms with E-state index in [4.69, 9.17) is 5.73 Å². The first-order valence-electron chi connectivity index (χ1n) is 11.5. The number of halogens is 1. The van der Waals surface area contributed by atoms with Gasteiger partial charge in [0.15, 0.2) is 0 Å². The molecule has 0 aliphatic carbocycles. The van der Waals surface area contributed by atoms with Gasteiger partial charge in [0, 0.05) is 24.5 Å². The zero-order valence-electron chi connectivity index (χ0n) is 20.3. The fourth-order valence-electron chi connectivity index (χ4n) is 3.75. The third-order valence-corrected chi connectivity index (χ3v) is 5.88. The molecule has 4 rings (SSSR count). The van der Waals surface area contributed by atoms with Gasteiger partial charge in [0.05, 0.1) is 17.2 Å². The second-order valence-electron chi connectivity index (χ2n) is 8.49. The van der Waals surface area contributed by atoms with Crippen molar-refractivity contribution in [3.8, 4) is 17.2 Å². The number of anilines is 2. The van der Waals surface area contributed by atoms with E-state index in [1.165, 1.54) is 36.7 Å². The molecule has 190 valence electrons. The molecule has 1 atom stereocenters. The summed E-state index contributed by atoms with van der Waals surface area (Å²) in [5, 5.41) is 24.6. The Bertz CT molecular complexity index is 1530. The van der Waals surface area contributed by atoms with Crippen LogP contribution in [0, 0.1) is 17.1 Å². The number of nitrogens with zero attached hydrogens (tertiary/aromatic N) is 3. The Hall–Kier alpha value is -5.30. The standard InChI is InChI=1S/C28H23FN6O3/c1-16(19-6-8-22(29)9-7-19)35-27(36)24-10-18(12-30)14-34-26(24)33-13-17-2-4-20(5-3-17)21-11-23(28(37)38)25(31)32-15-21/h2-11,14-16H,13H2,1H3,(H2,31,32)(H,33,34)(H,35,36)(H,37,38). The minimum Gasteiger partial charge on any atom is -0.478 e. The Kier molecular flexibility index (Phi) is 7.58. The van der Waals surface area contributed by atoms with E-state index in [1.807, 2.05) is 30.3 Å². The molecule has 1 unspecified atom stereocenters. The number of carbonyl (C=O) groups is 2. The smallest absolute Gasteiger partial charge is 0.339 e. The maximum atomic E-state index is 13.2. The summed E-state index contributed by atoms with van der Waals surface area (Å²) in [6.45, 7) is 2.10. The number of aromatic nitrogens is 2. The van der Waals surface area contributed by atoms with Gasteiger partial charge in [-0.25, -0.2) is 19.2 Å². The molecule has 0 bridgehead atoms. The van der Waals surface area contributed by atoms with Crippen molar-refractivity contribution in [2.75, 3.05) is 11.1 Å². The number of nitrogens with two attached hydrogens (primary N) is 1. The Morgan fingerprint density at radius 3 is 2.39 bits per heavy atom. The summed E-state index contributed by atoms with van der Waals surface area (Å²) < 4.78 is 13.2. The van der Waals surface area contributed by atoms with Crippen LogP contribution in [0.3, 0.4) is 0 Å². The van der Waals surface area contributed by atoms with Gasteiger partial charge in [-0.15, -0.1) is 0 Å². The number of nitriles is 1. The van der Waals surface area contributed by atoms with Gasteiger partial charge in [-0.2, -0.15) is 5.26 Å². The van der Waals surface area contributed by atoms with Crippen molar-refractivity contribution in [2.24, 2.45) is 0 Å². The van der Waals surface area contributed by atoms with Crippen LogP contribution in [-0.4, -0.2) is 27.0 Å². The van der Waals surface area contributed by atoms with Gasteiger partial charge in [-0.1, -0.05) is 36.4 Å². The highest BCUT2D eigenvalue weighted by molar-refractivity contribution is 5.99. The fraction of sp³-hybridized carbons (Fsp3) is 0.107. The average molecular weight is 511 g/mol. The number of nitrogen functional groups attached to an aromatic ring is 1. The zero-order chi connectivity index (χ0) is 27.2. The van der Waals surface area contributed by atoms with Crippen molar-refractivity contribution < 1.29 is 19.1 Å². The molecule has 2 aromatic carbocycles. The molecule has 0 fully saturated rings. The lowest BCUT2D eigenvalue weighted by Gasteiger charge is -2.16. The van der Waals surface area contributed by atoms with Crippen molar-refractivity contribution in [1.29, 1.82) is 5.26 Å². The molecule has 0 saturated heterocycles. The molecule has 4 aromatic rings. The minimum atomic E-state index is -1.15. The van der Waals surface area contributed by atoms with E-state index < -0.39 is 17.9 Å². The summed E-state index contributed by atoms with van der Waals surface area (Å²) in [7, 11) is 0. The predicted octanol–water partition coefficient (Wildman–Crippen LogP) is 4.54. The topological polar surface area (TPSA) is 154 Å². The lowest BCUT2D eigenvalue weighted by Crippen LogP contribution is -2.28. The number of nitrogens with one attached hydrogen (secondary N) is 2. The minimum absolute atomic E-state index is 0.0520. The van der Waals surface area contributed by atoms with Gasteiger partial charge >= 0.3 is 5.97 Å². The zero-order valence-corrected chi connectivity index (χ0v) is 20.3. The number of aromatic carboxylic acids is 1. The highest BCUT2D eigenvalue weighted by Crippen LogP contribution is 2.24. The van der Waals surface area contributed by atoms with Gasteiger partial charge in [0.2, 0.25) is 0 Å². The van der Waals surface area contributed by atoms with E-state index in [0.717, 1.165) is 16.7 Å². The maximum Gasteiger partial charge on any atom is 0.339 e. The molecule has 5 N–H and O–H groups in total. The van der Waals surface area contributed by atoms with Crippen LogP contribution >= 0.6 is 0 Å². The molecule has 0 saturated carbocycles. The average Bonchev–Trinajstić information content (AvgIpc) is 2.92. The van der Waals surface area contributed by atoms with E-state index in [0.29, 0.717) is 17.9 Å². The van der Waals surface area contributed by atoms with Gasteiger partial charge in [0.25, 0.3) is 5.91 Å². The SMILES string of the molecule is CC(NC(=O)c1cc(C#N)cnc1NCc1ccc(-c2cnc(N)c(C(=O)O)c2)cc1)c1ccc(F)cc1. The van der Waals surface area contributed by atoms with Gasteiger partial charge < -0.3 is 21.5 Å². The monoisotopic (exact) mass is 510 g/mol. The van der Waals surface area contributed by atoms with Crippen LogP contribution < -0.4 is 16.4 Å². The molecular weight excluding hydrogens is 487 g/mol. The van der Waals surface area contributed by atoms with E-state index in [1.54, 1.807) is 19.1 Å². The van der Waals surface area contributed by atoms with Crippen molar-refractivity contribution >= 4 is 23.5 Å². The number of rotatable bonds is 8. The van der Waals surface area contributed by atoms with Crippen molar-refractivity contribution in [1.82, 2.24) is 15.3 Å². The largest absolute Gasteiger partial charge is 0.478 e. The molecule has 0 spiro atoms. The number of pyridine rings is 2. The third kappa shape index (κ3) is 5.91. The molecule has 2 aromatic heterocycles. The van der Waals surface area contributed by atoms with Crippen LogP contribution in [0.15, 0.2) is 73.1 Å². The van der Waals surface area contributed by atoms with Crippen LogP contribution in [0.2, 0.25) is 0 Å². The Morgan fingerprint density at radius 1 is 1.03 bits per heavy atom. The summed E-state index contributed by atoms with van der Waals surface area (Å²) in [5.41, 5.74) is 8.96. The Balaban J connectivity index is 1.49. The number of amides is 1.